The average Bonchev–Trinajstić information content (AvgIpc) is 3.14. The third-order valence-corrected chi connectivity index (χ3v) is 6.04. The third-order valence-electron chi connectivity index (χ3n) is 5.29. The molecular weight excluding hydrogens is 436 g/mol. The molecule has 0 spiro atoms. The summed E-state index contributed by atoms with van der Waals surface area (Å²) in [6.07, 6.45) is 0.584. The SMILES string of the molecule is Cc1ccc([C@H]2Oc3ccc(Br)cc3[C@H]3CC(c4ccc(Cl)cc4)=NN32)cc1. The molecule has 0 unspecified atom stereocenters. The van der Waals surface area contributed by atoms with Crippen LogP contribution in [0.2, 0.25) is 5.02 Å². The highest BCUT2D eigenvalue weighted by molar-refractivity contribution is 9.10. The van der Waals surface area contributed by atoms with Crippen molar-refractivity contribution in [3.05, 3.63) is 98.5 Å². The lowest BCUT2D eigenvalue weighted by atomic mass is 9.96. The van der Waals surface area contributed by atoms with Crippen molar-refractivity contribution in [3.8, 4) is 5.75 Å². The predicted molar refractivity (Wildman–Crippen MR) is 116 cm³/mol. The second-order valence-electron chi connectivity index (χ2n) is 7.22. The Morgan fingerprint density at radius 1 is 1.04 bits per heavy atom. The van der Waals surface area contributed by atoms with Crippen molar-refractivity contribution in [2.45, 2.75) is 25.6 Å². The number of nitrogens with zero attached hydrogens (tertiary/aromatic N) is 2. The maximum Gasteiger partial charge on any atom is 0.213 e. The molecule has 0 aromatic heterocycles. The van der Waals surface area contributed by atoms with Crippen LogP contribution in [0.25, 0.3) is 0 Å². The Hall–Kier alpha value is -2.30. The highest BCUT2D eigenvalue weighted by atomic mass is 79.9. The van der Waals surface area contributed by atoms with Crippen LogP contribution in [-0.4, -0.2) is 10.7 Å². The zero-order chi connectivity index (χ0) is 19.3. The van der Waals surface area contributed by atoms with Gasteiger partial charge in [-0.25, -0.2) is 5.01 Å². The Kier molecular flexibility index (Phi) is 4.41. The lowest BCUT2D eigenvalue weighted by Crippen LogP contribution is -2.33. The smallest absolute Gasteiger partial charge is 0.213 e. The van der Waals surface area contributed by atoms with Crippen molar-refractivity contribution in [2.75, 3.05) is 0 Å². The Labute approximate surface area is 177 Å². The van der Waals surface area contributed by atoms with Gasteiger partial charge in [0.2, 0.25) is 6.23 Å². The summed E-state index contributed by atoms with van der Waals surface area (Å²) in [6, 6.07) is 22.7. The standard InChI is InChI=1S/C23H18BrClN2O/c1-14-2-4-16(5-3-14)23-27-21(19-12-17(24)8-11-22(19)28-23)13-20(26-27)15-6-9-18(25)10-7-15/h2-12,21,23H,13H2,1H3/t21-,23-/m1/s1. The van der Waals surface area contributed by atoms with Crippen molar-refractivity contribution in [1.29, 1.82) is 0 Å². The molecule has 0 radical (unpaired) electrons. The lowest BCUT2D eigenvalue weighted by molar-refractivity contribution is -0.0190. The number of aryl methyl sites for hydroxylation is 1. The molecule has 0 fully saturated rings. The molecule has 3 aromatic carbocycles. The van der Waals surface area contributed by atoms with E-state index in [4.69, 9.17) is 21.4 Å². The van der Waals surface area contributed by atoms with E-state index in [9.17, 15) is 0 Å². The Morgan fingerprint density at radius 2 is 1.79 bits per heavy atom. The van der Waals surface area contributed by atoms with E-state index in [0.717, 1.165) is 44.1 Å². The minimum atomic E-state index is -0.246. The zero-order valence-corrected chi connectivity index (χ0v) is 17.6. The molecule has 0 aliphatic carbocycles. The molecule has 2 heterocycles. The van der Waals surface area contributed by atoms with E-state index in [1.807, 2.05) is 36.4 Å². The van der Waals surface area contributed by atoms with Crippen molar-refractivity contribution in [1.82, 2.24) is 5.01 Å². The van der Waals surface area contributed by atoms with Crippen LogP contribution in [0.15, 0.2) is 76.3 Å². The second-order valence-corrected chi connectivity index (χ2v) is 8.57. The number of rotatable bonds is 2. The molecule has 0 saturated heterocycles. The van der Waals surface area contributed by atoms with Crippen molar-refractivity contribution in [3.63, 3.8) is 0 Å². The van der Waals surface area contributed by atoms with Crippen LogP contribution >= 0.6 is 27.5 Å². The van der Waals surface area contributed by atoms with Crippen LogP contribution < -0.4 is 4.74 Å². The highest BCUT2D eigenvalue weighted by Gasteiger charge is 2.41. The van der Waals surface area contributed by atoms with Crippen LogP contribution in [0.4, 0.5) is 0 Å². The van der Waals surface area contributed by atoms with Gasteiger partial charge in [0, 0.05) is 27.0 Å². The fraction of sp³-hybridized carbons (Fsp3) is 0.174. The maximum absolute atomic E-state index is 6.41. The van der Waals surface area contributed by atoms with Crippen molar-refractivity contribution >= 4 is 33.2 Å². The zero-order valence-electron chi connectivity index (χ0n) is 15.3. The fourth-order valence-corrected chi connectivity index (χ4v) is 4.33. The largest absolute Gasteiger partial charge is 0.464 e. The Morgan fingerprint density at radius 3 is 2.54 bits per heavy atom. The molecule has 5 rings (SSSR count). The highest BCUT2D eigenvalue weighted by Crippen LogP contribution is 2.48. The average molecular weight is 454 g/mol. The second kappa shape index (κ2) is 6.94. The third kappa shape index (κ3) is 3.11. The number of fused-ring (bicyclic) bond motifs is 3. The van der Waals surface area contributed by atoms with Gasteiger partial charge in [0.05, 0.1) is 11.8 Å². The number of benzene rings is 3. The molecule has 2 atom stereocenters. The van der Waals surface area contributed by atoms with Gasteiger partial charge in [-0.1, -0.05) is 69.5 Å². The first-order valence-electron chi connectivity index (χ1n) is 9.23. The topological polar surface area (TPSA) is 24.8 Å². The molecule has 28 heavy (non-hydrogen) atoms. The predicted octanol–water partition coefficient (Wildman–Crippen LogP) is 6.65. The van der Waals surface area contributed by atoms with Crippen molar-refractivity contribution in [2.24, 2.45) is 5.10 Å². The molecule has 140 valence electrons. The van der Waals surface area contributed by atoms with Crippen LogP contribution in [0.3, 0.4) is 0 Å². The van der Waals surface area contributed by atoms with E-state index in [2.05, 4.69) is 58.2 Å². The molecule has 3 nitrogen and oxygen atoms in total. The summed E-state index contributed by atoms with van der Waals surface area (Å²) in [5.41, 5.74) is 5.64. The van der Waals surface area contributed by atoms with Crippen LogP contribution in [0.1, 0.15) is 40.9 Å². The van der Waals surface area contributed by atoms with Gasteiger partial charge in [0.15, 0.2) is 0 Å². The van der Waals surface area contributed by atoms with Crippen LogP contribution in [-0.2, 0) is 0 Å². The van der Waals surface area contributed by atoms with E-state index in [1.54, 1.807) is 0 Å². The van der Waals surface area contributed by atoms with Gasteiger partial charge in [0.25, 0.3) is 0 Å². The molecule has 0 N–H and O–H groups in total. The van der Waals surface area contributed by atoms with Gasteiger partial charge >= 0.3 is 0 Å². The van der Waals surface area contributed by atoms with E-state index < -0.39 is 0 Å². The summed E-state index contributed by atoms with van der Waals surface area (Å²) in [4.78, 5) is 0. The normalized spacial score (nSPS) is 20.2. The summed E-state index contributed by atoms with van der Waals surface area (Å²) in [5.74, 6) is 0.919. The molecule has 2 aliphatic rings. The van der Waals surface area contributed by atoms with Gasteiger partial charge in [-0.2, -0.15) is 5.10 Å². The lowest BCUT2D eigenvalue weighted by Gasteiger charge is -2.38. The van der Waals surface area contributed by atoms with Gasteiger partial charge in [-0.15, -0.1) is 0 Å². The summed E-state index contributed by atoms with van der Waals surface area (Å²) in [5, 5.41) is 7.82. The van der Waals surface area contributed by atoms with Crippen LogP contribution in [0.5, 0.6) is 5.75 Å². The molecule has 0 saturated carbocycles. The van der Waals surface area contributed by atoms with Gasteiger partial charge < -0.3 is 4.74 Å². The first kappa shape index (κ1) is 17.8. The quantitative estimate of drug-likeness (QED) is 0.434. The maximum atomic E-state index is 6.41. The molecule has 0 amide bonds. The summed E-state index contributed by atoms with van der Waals surface area (Å²) in [6.45, 7) is 2.09. The first-order chi connectivity index (χ1) is 13.6. The van der Waals surface area contributed by atoms with E-state index >= 15 is 0 Å². The molecule has 2 aliphatic heterocycles. The number of hydrogen-bond acceptors (Lipinski definition) is 3. The molecular formula is C23H18BrClN2O. The fourth-order valence-electron chi connectivity index (χ4n) is 3.83. The number of hydrazone groups is 1. The van der Waals surface area contributed by atoms with E-state index in [-0.39, 0.29) is 12.3 Å². The first-order valence-corrected chi connectivity index (χ1v) is 10.4. The van der Waals surface area contributed by atoms with Crippen LogP contribution in [0, 0.1) is 6.92 Å². The molecule has 0 bridgehead atoms. The molecule has 3 aromatic rings. The minimum Gasteiger partial charge on any atom is -0.464 e. The number of ether oxygens (including phenoxy) is 1. The molecule has 5 heteroatoms. The van der Waals surface area contributed by atoms with E-state index in [0.29, 0.717) is 0 Å². The minimum absolute atomic E-state index is 0.137. The van der Waals surface area contributed by atoms with Gasteiger partial charge in [-0.05, 0) is 42.8 Å². The Balaban J connectivity index is 1.59. The van der Waals surface area contributed by atoms with Gasteiger partial charge in [-0.3, -0.25) is 0 Å². The monoisotopic (exact) mass is 452 g/mol. The summed E-state index contributed by atoms with van der Waals surface area (Å²) in [7, 11) is 0. The summed E-state index contributed by atoms with van der Waals surface area (Å²) >= 11 is 9.66. The van der Waals surface area contributed by atoms with Gasteiger partial charge in [0.1, 0.15) is 5.75 Å². The number of hydrogen-bond donors (Lipinski definition) is 0. The summed E-state index contributed by atoms with van der Waals surface area (Å²) < 4.78 is 7.45. The number of halogens is 2. The van der Waals surface area contributed by atoms with Crippen molar-refractivity contribution < 1.29 is 4.74 Å². The van der Waals surface area contributed by atoms with E-state index in [1.165, 1.54) is 5.56 Å². The Bertz CT molecular complexity index is 1060.